The van der Waals surface area contributed by atoms with Crippen LogP contribution in [-0.2, 0) is 0 Å². The number of thioether (sulfide) groups is 1. The minimum atomic E-state index is 0.145. The van der Waals surface area contributed by atoms with Gasteiger partial charge in [0.05, 0.1) is 6.04 Å². The van der Waals surface area contributed by atoms with Gasteiger partial charge >= 0.3 is 0 Å². The molecule has 1 heterocycles. The molecule has 72 valence electrons. The van der Waals surface area contributed by atoms with Crippen molar-refractivity contribution in [2.75, 3.05) is 5.75 Å². The van der Waals surface area contributed by atoms with Crippen LogP contribution in [0.15, 0.2) is 29.2 Å². The highest BCUT2D eigenvalue weighted by Gasteiger charge is 2.22. The molecule has 0 bridgehead atoms. The van der Waals surface area contributed by atoms with Gasteiger partial charge in [0.2, 0.25) is 0 Å². The summed E-state index contributed by atoms with van der Waals surface area (Å²) in [4.78, 5) is 1.38. The van der Waals surface area contributed by atoms with E-state index in [2.05, 4.69) is 35.5 Å². The molecule has 0 fully saturated rings. The predicted molar refractivity (Wildman–Crippen MR) is 61.3 cm³/mol. The summed E-state index contributed by atoms with van der Waals surface area (Å²) in [5.74, 6) is 3.79. The first-order valence-electron chi connectivity index (χ1n) is 4.75. The van der Waals surface area contributed by atoms with Crippen molar-refractivity contribution >= 4 is 11.8 Å². The summed E-state index contributed by atoms with van der Waals surface area (Å²) in [6.07, 6.45) is 5.35. The molecular weight excluding hydrogens is 190 g/mol. The van der Waals surface area contributed by atoms with Gasteiger partial charge in [-0.1, -0.05) is 24.1 Å². The van der Waals surface area contributed by atoms with E-state index in [0.717, 1.165) is 5.75 Å². The Labute approximate surface area is 89.3 Å². The monoisotopic (exact) mass is 203 g/mol. The van der Waals surface area contributed by atoms with Gasteiger partial charge < -0.3 is 0 Å². The molecule has 2 atom stereocenters. The standard InChI is InChI=1S/C12H13NS/c1-3-9(2)13-11-8-14-12-7-5-4-6-10(11)12/h1,4-7,9,11,13H,8H2,2H3. The van der Waals surface area contributed by atoms with Gasteiger partial charge in [0.25, 0.3) is 0 Å². The van der Waals surface area contributed by atoms with Crippen molar-refractivity contribution in [3.63, 3.8) is 0 Å². The molecule has 0 spiro atoms. The fourth-order valence-corrected chi connectivity index (χ4v) is 2.82. The Morgan fingerprint density at radius 1 is 1.57 bits per heavy atom. The normalized spacial score (nSPS) is 21.3. The molecule has 0 amide bonds. The number of terminal acetylenes is 1. The van der Waals surface area contributed by atoms with Crippen molar-refractivity contribution in [2.24, 2.45) is 0 Å². The van der Waals surface area contributed by atoms with Crippen molar-refractivity contribution in [3.05, 3.63) is 29.8 Å². The fourth-order valence-electron chi connectivity index (χ4n) is 1.65. The Hall–Kier alpha value is -0.910. The zero-order valence-corrected chi connectivity index (χ0v) is 8.97. The summed E-state index contributed by atoms with van der Waals surface area (Å²) in [5, 5.41) is 3.43. The lowest BCUT2D eigenvalue weighted by Gasteiger charge is -2.15. The number of hydrogen-bond acceptors (Lipinski definition) is 2. The summed E-state index contributed by atoms with van der Waals surface area (Å²) in [6, 6.07) is 9.08. The van der Waals surface area contributed by atoms with Crippen molar-refractivity contribution in [3.8, 4) is 12.3 Å². The van der Waals surface area contributed by atoms with E-state index in [-0.39, 0.29) is 6.04 Å². The lowest BCUT2D eigenvalue weighted by molar-refractivity contribution is 0.554. The molecule has 0 radical (unpaired) electrons. The van der Waals surface area contributed by atoms with E-state index in [1.54, 1.807) is 0 Å². The molecule has 0 aromatic heterocycles. The van der Waals surface area contributed by atoms with Gasteiger partial charge in [-0.05, 0) is 18.6 Å². The Balaban J connectivity index is 2.15. The Morgan fingerprint density at radius 2 is 2.36 bits per heavy atom. The van der Waals surface area contributed by atoms with Crippen LogP contribution in [0.25, 0.3) is 0 Å². The van der Waals surface area contributed by atoms with Gasteiger partial charge in [-0.25, -0.2) is 0 Å². The summed E-state index contributed by atoms with van der Waals surface area (Å²) in [5.41, 5.74) is 1.39. The third-order valence-corrected chi connectivity index (χ3v) is 3.58. The average Bonchev–Trinajstić information content (AvgIpc) is 2.62. The molecule has 1 aromatic rings. The molecule has 2 heteroatoms. The zero-order valence-electron chi connectivity index (χ0n) is 8.16. The van der Waals surface area contributed by atoms with E-state index in [1.165, 1.54) is 10.5 Å². The number of nitrogens with one attached hydrogen (secondary N) is 1. The molecule has 0 saturated heterocycles. The van der Waals surface area contributed by atoms with Crippen LogP contribution in [0.5, 0.6) is 0 Å². The van der Waals surface area contributed by atoms with E-state index < -0.39 is 0 Å². The molecule has 1 nitrogen and oxygen atoms in total. The molecular formula is C12H13NS. The molecule has 0 aliphatic carbocycles. The first-order chi connectivity index (χ1) is 6.81. The second kappa shape index (κ2) is 4.08. The van der Waals surface area contributed by atoms with Crippen LogP contribution in [0, 0.1) is 12.3 Å². The van der Waals surface area contributed by atoms with Crippen molar-refractivity contribution in [2.45, 2.75) is 23.9 Å². The van der Waals surface area contributed by atoms with Crippen molar-refractivity contribution in [1.29, 1.82) is 0 Å². The number of fused-ring (bicyclic) bond motifs is 1. The van der Waals surface area contributed by atoms with E-state index in [0.29, 0.717) is 6.04 Å². The highest BCUT2D eigenvalue weighted by Crippen LogP contribution is 2.37. The van der Waals surface area contributed by atoms with Crippen LogP contribution in [0.4, 0.5) is 0 Å². The maximum Gasteiger partial charge on any atom is 0.0663 e. The molecule has 2 rings (SSSR count). The SMILES string of the molecule is C#CC(C)NC1CSc2ccccc21. The van der Waals surface area contributed by atoms with Crippen molar-refractivity contribution < 1.29 is 0 Å². The third kappa shape index (κ3) is 1.79. The van der Waals surface area contributed by atoms with Crippen LogP contribution in [-0.4, -0.2) is 11.8 Å². The van der Waals surface area contributed by atoms with E-state index in [1.807, 2.05) is 18.7 Å². The quantitative estimate of drug-likeness (QED) is 0.741. The number of rotatable bonds is 2. The average molecular weight is 203 g/mol. The minimum absolute atomic E-state index is 0.145. The highest BCUT2D eigenvalue weighted by molar-refractivity contribution is 7.99. The van der Waals surface area contributed by atoms with Gasteiger partial charge in [0.1, 0.15) is 0 Å². The molecule has 1 aliphatic rings. The summed E-state index contributed by atoms with van der Waals surface area (Å²) in [6.45, 7) is 2.02. The predicted octanol–water partition coefficient (Wildman–Crippen LogP) is 2.44. The van der Waals surface area contributed by atoms with E-state index >= 15 is 0 Å². The Morgan fingerprint density at radius 3 is 3.14 bits per heavy atom. The van der Waals surface area contributed by atoms with Crippen LogP contribution >= 0.6 is 11.8 Å². The van der Waals surface area contributed by atoms with Gasteiger partial charge in [0.15, 0.2) is 0 Å². The molecule has 14 heavy (non-hydrogen) atoms. The van der Waals surface area contributed by atoms with Gasteiger partial charge in [-0.3, -0.25) is 5.32 Å². The molecule has 1 aliphatic heterocycles. The van der Waals surface area contributed by atoms with Crippen LogP contribution in [0.3, 0.4) is 0 Å². The summed E-state index contributed by atoms with van der Waals surface area (Å²) in [7, 11) is 0. The number of hydrogen-bond donors (Lipinski definition) is 1. The van der Waals surface area contributed by atoms with Gasteiger partial charge in [-0.15, -0.1) is 18.2 Å². The van der Waals surface area contributed by atoms with Gasteiger partial charge in [0, 0.05) is 16.7 Å². The van der Waals surface area contributed by atoms with E-state index in [4.69, 9.17) is 6.42 Å². The molecule has 0 saturated carbocycles. The zero-order chi connectivity index (χ0) is 9.97. The highest BCUT2D eigenvalue weighted by atomic mass is 32.2. The Bertz CT molecular complexity index is 367. The third-order valence-electron chi connectivity index (χ3n) is 2.40. The van der Waals surface area contributed by atoms with Crippen LogP contribution in [0.1, 0.15) is 18.5 Å². The van der Waals surface area contributed by atoms with Crippen molar-refractivity contribution in [1.82, 2.24) is 5.32 Å². The van der Waals surface area contributed by atoms with Crippen LogP contribution < -0.4 is 5.32 Å². The smallest absolute Gasteiger partial charge is 0.0663 e. The lowest BCUT2D eigenvalue weighted by Crippen LogP contribution is -2.29. The Kier molecular flexibility index (Phi) is 2.81. The van der Waals surface area contributed by atoms with E-state index in [9.17, 15) is 0 Å². The molecule has 1 aromatic carbocycles. The summed E-state index contributed by atoms with van der Waals surface area (Å²) < 4.78 is 0. The maximum absolute atomic E-state index is 5.35. The second-order valence-electron chi connectivity index (χ2n) is 3.46. The first-order valence-corrected chi connectivity index (χ1v) is 5.73. The largest absolute Gasteiger partial charge is 0.296 e. The molecule has 2 unspecified atom stereocenters. The first kappa shape index (κ1) is 9.64. The lowest BCUT2D eigenvalue weighted by atomic mass is 10.1. The number of benzene rings is 1. The fraction of sp³-hybridized carbons (Fsp3) is 0.333. The summed E-state index contributed by atoms with van der Waals surface area (Å²) >= 11 is 1.90. The molecule has 1 N–H and O–H groups in total. The van der Waals surface area contributed by atoms with Crippen LogP contribution in [0.2, 0.25) is 0 Å². The second-order valence-corrected chi connectivity index (χ2v) is 4.52. The van der Waals surface area contributed by atoms with Gasteiger partial charge in [-0.2, -0.15) is 0 Å². The maximum atomic E-state index is 5.35. The topological polar surface area (TPSA) is 12.0 Å². The minimum Gasteiger partial charge on any atom is -0.296 e.